The number of nitrogens with one attached hydrogen (secondary N) is 1. The fourth-order valence-corrected chi connectivity index (χ4v) is 2.26. The fourth-order valence-electron chi connectivity index (χ4n) is 1.94. The number of rotatable bonds is 3. The standard InChI is InChI=1S/C13H16N2OS/c1-3-9(2)11-12(16)15(13(17)14-11)10-7-5-4-6-8-10/h4-9,11H,3H2,1-2H3,(H,14,17)/t9-,11-/m1/s1. The summed E-state index contributed by atoms with van der Waals surface area (Å²) in [5.41, 5.74) is 0.834. The van der Waals surface area contributed by atoms with Crippen molar-refractivity contribution in [2.75, 3.05) is 4.90 Å². The summed E-state index contributed by atoms with van der Waals surface area (Å²) >= 11 is 5.24. The van der Waals surface area contributed by atoms with Crippen molar-refractivity contribution in [1.82, 2.24) is 5.32 Å². The van der Waals surface area contributed by atoms with Crippen molar-refractivity contribution in [3.8, 4) is 0 Å². The van der Waals surface area contributed by atoms with Crippen LogP contribution in [0.4, 0.5) is 5.69 Å². The number of amides is 1. The Morgan fingerprint density at radius 3 is 2.65 bits per heavy atom. The SMILES string of the molecule is CC[C@@H](C)[C@H]1NC(=S)N(c2ccccc2)C1=O. The Morgan fingerprint density at radius 2 is 2.06 bits per heavy atom. The molecule has 1 N–H and O–H groups in total. The molecule has 3 nitrogen and oxygen atoms in total. The lowest BCUT2D eigenvalue weighted by Gasteiger charge is -2.16. The van der Waals surface area contributed by atoms with Crippen LogP contribution in [-0.4, -0.2) is 17.1 Å². The smallest absolute Gasteiger partial charge is 0.256 e. The second kappa shape index (κ2) is 4.84. The Morgan fingerprint density at radius 1 is 1.41 bits per heavy atom. The minimum absolute atomic E-state index is 0.0514. The second-order valence-corrected chi connectivity index (χ2v) is 4.71. The number of para-hydroxylation sites is 1. The van der Waals surface area contributed by atoms with Gasteiger partial charge >= 0.3 is 0 Å². The molecule has 1 aliphatic rings. The van der Waals surface area contributed by atoms with Crippen molar-refractivity contribution in [3.63, 3.8) is 0 Å². The summed E-state index contributed by atoms with van der Waals surface area (Å²) < 4.78 is 0. The van der Waals surface area contributed by atoms with E-state index in [-0.39, 0.29) is 17.9 Å². The van der Waals surface area contributed by atoms with E-state index in [0.29, 0.717) is 5.11 Å². The molecule has 1 aromatic rings. The van der Waals surface area contributed by atoms with E-state index in [9.17, 15) is 4.79 Å². The predicted molar refractivity (Wildman–Crippen MR) is 72.9 cm³/mol. The third-order valence-corrected chi connectivity index (χ3v) is 3.50. The number of hydrogen-bond acceptors (Lipinski definition) is 2. The quantitative estimate of drug-likeness (QED) is 0.833. The monoisotopic (exact) mass is 248 g/mol. The van der Waals surface area contributed by atoms with E-state index >= 15 is 0 Å². The molecule has 0 aliphatic carbocycles. The summed E-state index contributed by atoms with van der Waals surface area (Å²) in [5.74, 6) is 0.338. The molecule has 0 saturated carbocycles. The molecule has 1 saturated heterocycles. The lowest BCUT2D eigenvalue weighted by molar-refractivity contribution is -0.119. The third kappa shape index (κ3) is 2.17. The van der Waals surface area contributed by atoms with E-state index in [1.54, 1.807) is 4.90 Å². The molecule has 1 aromatic carbocycles. The molecule has 1 amide bonds. The molecule has 1 aliphatic heterocycles. The number of carbonyl (C=O) groups excluding carboxylic acids is 1. The molecule has 0 spiro atoms. The molecule has 2 atom stereocenters. The van der Waals surface area contributed by atoms with E-state index in [2.05, 4.69) is 19.2 Å². The number of benzene rings is 1. The van der Waals surface area contributed by atoms with Gasteiger partial charge in [-0.15, -0.1) is 0 Å². The number of thiocarbonyl (C=S) groups is 1. The Bertz CT molecular complexity index is 432. The van der Waals surface area contributed by atoms with Gasteiger partial charge in [0.2, 0.25) is 0 Å². The van der Waals surface area contributed by atoms with Crippen LogP contribution in [0.25, 0.3) is 0 Å². The number of anilines is 1. The van der Waals surface area contributed by atoms with Crippen LogP contribution < -0.4 is 10.2 Å². The van der Waals surface area contributed by atoms with Crippen LogP contribution in [0.15, 0.2) is 30.3 Å². The molecule has 1 fully saturated rings. The first-order valence-corrected chi connectivity index (χ1v) is 6.25. The van der Waals surface area contributed by atoms with Crippen LogP contribution >= 0.6 is 12.2 Å². The normalized spacial score (nSPS) is 21.5. The summed E-state index contributed by atoms with van der Waals surface area (Å²) in [6.07, 6.45) is 0.953. The van der Waals surface area contributed by atoms with Gasteiger partial charge in [-0.25, -0.2) is 0 Å². The maximum Gasteiger partial charge on any atom is 0.256 e. The maximum atomic E-state index is 12.3. The zero-order valence-corrected chi connectivity index (χ0v) is 10.8. The number of hydrogen-bond donors (Lipinski definition) is 1. The molecule has 4 heteroatoms. The van der Waals surface area contributed by atoms with Gasteiger partial charge in [0.1, 0.15) is 6.04 Å². The first-order valence-electron chi connectivity index (χ1n) is 5.84. The van der Waals surface area contributed by atoms with Crippen LogP contribution in [0.2, 0.25) is 0 Å². The Balaban J connectivity index is 2.26. The molecular weight excluding hydrogens is 232 g/mol. The number of nitrogens with zero attached hydrogens (tertiary/aromatic N) is 1. The van der Waals surface area contributed by atoms with E-state index in [0.717, 1.165) is 12.1 Å². The highest BCUT2D eigenvalue weighted by Gasteiger charge is 2.38. The summed E-state index contributed by atoms with van der Waals surface area (Å²) in [7, 11) is 0. The Kier molecular flexibility index (Phi) is 3.43. The van der Waals surface area contributed by atoms with Gasteiger partial charge < -0.3 is 5.32 Å². The van der Waals surface area contributed by atoms with Crippen LogP contribution in [-0.2, 0) is 4.79 Å². The minimum atomic E-state index is -0.187. The average Bonchev–Trinajstić information content (AvgIpc) is 2.65. The van der Waals surface area contributed by atoms with Crippen LogP contribution in [0, 0.1) is 5.92 Å². The van der Waals surface area contributed by atoms with Crippen molar-refractivity contribution >= 4 is 28.9 Å². The van der Waals surface area contributed by atoms with Gasteiger partial charge in [-0.1, -0.05) is 38.5 Å². The lowest BCUT2D eigenvalue weighted by atomic mass is 9.99. The van der Waals surface area contributed by atoms with E-state index in [4.69, 9.17) is 12.2 Å². The van der Waals surface area contributed by atoms with Gasteiger partial charge in [-0.05, 0) is 30.3 Å². The van der Waals surface area contributed by atoms with Gasteiger partial charge in [-0.3, -0.25) is 9.69 Å². The maximum absolute atomic E-state index is 12.3. The minimum Gasteiger partial charge on any atom is -0.350 e. The van der Waals surface area contributed by atoms with Crippen LogP contribution in [0.5, 0.6) is 0 Å². The molecule has 0 radical (unpaired) electrons. The predicted octanol–water partition coefficient (Wildman–Crippen LogP) is 2.32. The van der Waals surface area contributed by atoms with Gasteiger partial charge in [0.05, 0.1) is 5.69 Å². The van der Waals surface area contributed by atoms with Crippen molar-refractivity contribution in [3.05, 3.63) is 30.3 Å². The molecule has 0 unspecified atom stereocenters. The second-order valence-electron chi connectivity index (χ2n) is 4.32. The molecule has 17 heavy (non-hydrogen) atoms. The molecule has 0 bridgehead atoms. The summed E-state index contributed by atoms with van der Waals surface area (Å²) in [6.45, 7) is 4.14. The zero-order chi connectivity index (χ0) is 12.4. The van der Waals surface area contributed by atoms with E-state index in [1.165, 1.54) is 0 Å². The summed E-state index contributed by atoms with van der Waals surface area (Å²) in [6, 6.07) is 9.33. The van der Waals surface area contributed by atoms with E-state index in [1.807, 2.05) is 30.3 Å². The van der Waals surface area contributed by atoms with Crippen molar-refractivity contribution in [1.29, 1.82) is 0 Å². The van der Waals surface area contributed by atoms with Crippen molar-refractivity contribution < 1.29 is 4.79 Å². The zero-order valence-electron chi connectivity index (χ0n) is 10.0. The van der Waals surface area contributed by atoms with Crippen LogP contribution in [0.3, 0.4) is 0 Å². The highest BCUT2D eigenvalue weighted by Crippen LogP contribution is 2.23. The van der Waals surface area contributed by atoms with Crippen molar-refractivity contribution in [2.24, 2.45) is 5.92 Å². The topological polar surface area (TPSA) is 32.3 Å². The molecule has 2 rings (SSSR count). The lowest BCUT2D eigenvalue weighted by Crippen LogP contribution is -2.35. The third-order valence-electron chi connectivity index (χ3n) is 3.20. The van der Waals surface area contributed by atoms with Crippen molar-refractivity contribution in [2.45, 2.75) is 26.3 Å². The first-order chi connectivity index (χ1) is 8.15. The average molecular weight is 248 g/mol. The summed E-state index contributed by atoms with van der Waals surface area (Å²) in [5, 5.41) is 3.62. The first kappa shape index (κ1) is 12.0. The highest BCUT2D eigenvalue weighted by atomic mass is 32.1. The summed E-state index contributed by atoms with van der Waals surface area (Å²) in [4.78, 5) is 13.9. The Labute approximate surface area is 107 Å². The largest absolute Gasteiger partial charge is 0.350 e. The molecule has 0 aromatic heterocycles. The van der Waals surface area contributed by atoms with Gasteiger partial charge in [0, 0.05) is 0 Å². The van der Waals surface area contributed by atoms with E-state index < -0.39 is 0 Å². The molecular formula is C13H16N2OS. The van der Waals surface area contributed by atoms with Crippen LogP contribution in [0.1, 0.15) is 20.3 Å². The van der Waals surface area contributed by atoms with Gasteiger partial charge in [0.15, 0.2) is 5.11 Å². The molecule has 1 heterocycles. The van der Waals surface area contributed by atoms with Gasteiger partial charge in [-0.2, -0.15) is 0 Å². The number of carbonyl (C=O) groups is 1. The Hall–Kier alpha value is -1.42. The van der Waals surface area contributed by atoms with Gasteiger partial charge in [0.25, 0.3) is 5.91 Å². The highest BCUT2D eigenvalue weighted by molar-refractivity contribution is 7.80. The fraction of sp³-hybridized carbons (Fsp3) is 0.385. The molecule has 90 valence electrons.